The van der Waals surface area contributed by atoms with Gasteiger partial charge in [0, 0.05) is 6.42 Å². The highest BCUT2D eigenvalue weighted by atomic mass is 32.1. The number of amides is 2. The number of aliphatic hydroxyl groups is 1. The summed E-state index contributed by atoms with van der Waals surface area (Å²) in [6.45, 7) is 7.80. The molecule has 1 unspecified atom stereocenters. The molecule has 0 spiro atoms. The van der Waals surface area contributed by atoms with Crippen LogP contribution in [0.5, 0.6) is 0 Å². The van der Waals surface area contributed by atoms with E-state index in [1.54, 1.807) is 6.92 Å². The first-order valence-electron chi connectivity index (χ1n) is 6.41. The van der Waals surface area contributed by atoms with Crippen LogP contribution >= 0.6 is 11.3 Å². The molecule has 1 heterocycles. The molecular formula is C12H22N4O2S. The van der Waals surface area contributed by atoms with Crippen LogP contribution in [0, 0.1) is 5.92 Å². The van der Waals surface area contributed by atoms with Crippen molar-refractivity contribution in [3.05, 3.63) is 5.01 Å². The Labute approximate surface area is 117 Å². The van der Waals surface area contributed by atoms with Crippen LogP contribution in [0.25, 0.3) is 0 Å². The molecule has 0 aliphatic heterocycles. The minimum absolute atomic E-state index is 0.106. The molecule has 6 nitrogen and oxygen atoms in total. The summed E-state index contributed by atoms with van der Waals surface area (Å²) in [5, 5.41) is 23.9. The van der Waals surface area contributed by atoms with Gasteiger partial charge in [0.1, 0.15) is 5.01 Å². The zero-order valence-corrected chi connectivity index (χ0v) is 12.7. The molecule has 0 radical (unpaired) electrons. The van der Waals surface area contributed by atoms with Crippen molar-refractivity contribution in [2.45, 2.75) is 46.1 Å². The number of carbonyl (C=O) groups is 1. The van der Waals surface area contributed by atoms with Crippen molar-refractivity contribution in [2.24, 2.45) is 5.92 Å². The lowest BCUT2D eigenvalue weighted by Crippen LogP contribution is -2.50. The normalized spacial score (nSPS) is 14.2. The van der Waals surface area contributed by atoms with Crippen molar-refractivity contribution < 1.29 is 9.90 Å². The Balaban J connectivity index is 2.55. The molecule has 0 aromatic carbocycles. The third-order valence-corrected chi connectivity index (χ3v) is 3.68. The third kappa shape index (κ3) is 5.12. The average molecular weight is 286 g/mol. The summed E-state index contributed by atoms with van der Waals surface area (Å²) in [6.07, 6.45) is 1.50. The summed E-state index contributed by atoms with van der Waals surface area (Å²) in [5.74, 6) is 0.507. The Morgan fingerprint density at radius 2 is 2.16 bits per heavy atom. The van der Waals surface area contributed by atoms with Gasteiger partial charge in [-0.25, -0.2) is 4.79 Å². The van der Waals surface area contributed by atoms with E-state index in [4.69, 9.17) is 0 Å². The van der Waals surface area contributed by atoms with Gasteiger partial charge in [-0.1, -0.05) is 32.1 Å². The second kappa shape index (κ2) is 6.81. The van der Waals surface area contributed by atoms with Crippen molar-refractivity contribution >= 4 is 22.5 Å². The van der Waals surface area contributed by atoms with Crippen LogP contribution in [0.1, 0.15) is 39.1 Å². The number of nitrogens with zero attached hydrogens (tertiary/aromatic N) is 2. The van der Waals surface area contributed by atoms with Gasteiger partial charge in [-0.15, -0.1) is 10.2 Å². The fraction of sp³-hybridized carbons (Fsp3) is 0.750. The molecule has 7 heteroatoms. The van der Waals surface area contributed by atoms with Gasteiger partial charge >= 0.3 is 6.03 Å². The first kappa shape index (κ1) is 15.8. The van der Waals surface area contributed by atoms with E-state index in [1.165, 1.54) is 11.3 Å². The van der Waals surface area contributed by atoms with E-state index in [9.17, 15) is 9.90 Å². The van der Waals surface area contributed by atoms with Crippen molar-refractivity contribution in [1.29, 1.82) is 0 Å². The molecule has 108 valence electrons. The fourth-order valence-electron chi connectivity index (χ4n) is 1.38. The average Bonchev–Trinajstić information content (AvgIpc) is 2.75. The second-order valence-corrected chi connectivity index (χ2v) is 6.31. The largest absolute Gasteiger partial charge is 0.394 e. The number of nitrogens with one attached hydrogen (secondary N) is 2. The number of carbonyl (C=O) groups excluding carboxylic acids is 1. The number of rotatable bonds is 6. The third-order valence-electron chi connectivity index (χ3n) is 2.81. The zero-order valence-electron chi connectivity index (χ0n) is 11.9. The lowest BCUT2D eigenvalue weighted by molar-refractivity contribution is 0.172. The highest BCUT2D eigenvalue weighted by Crippen LogP contribution is 2.18. The summed E-state index contributed by atoms with van der Waals surface area (Å²) in [7, 11) is 0. The second-order valence-electron chi connectivity index (χ2n) is 5.25. The number of hydrogen-bond acceptors (Lipinski definition) is 5. The van der Waals surface area contributed by atoms with Crippen molar-refractivity contribution in [3.63, 3.8) is 0 Å². The van der Waals surface area contributed by atoms with Gasteiger partial charge in [-0.2, -0.15) is 0 Å². The minimum atomic E-state index is -0.616. The van der Waals surface area contributed by atoms with Crippen LogP contribution in [0.2, 0.25) is 0 Å². The maximum atomic E-state index is 11.8. The summed E-state index contributed by atoms with van der Waals surface area (Å²) in [6, 6.07) is -0.370. The van der Waals surface area contributed by atoms with Crippen molar-refractivity contribution in [2.75, 3.05) is 11.9 Å². The molecule has 19 heavy (non-hydrogen) atoms. The van der Waals surface area contributed by atoms with E-state index in [2.05, 4.69) is 34.7 Å². The van der Waals surface area contributed by atoms with E-state index in [1.807, 2.05) is 6.92 Å². The topological polar surface area (TPSA) is 87.1 Å². The number of aromatic nitrogens is 2. The van der Waals surface area contributed by atoms with Crippen LogP contribution in [-0.4, -0.2) is 33.5 Å². The molecule has 1 rings (SSSR count). The molecule has 0 aliphatic rings. The molecule has 1 aromatic heterocycles. The van der Waals surface area contributed by atoms with E-state index in [-0.39, 0.29) is 12.6 Å². The maximum absolute atomic E-state index is 11.8. The van der Waals surface area contributed by atoms with Gasteiger partial charge in [0.25, 0.3) is 0 Å². The molecule has 0 aliphatic carbocycles. The molecule has 0 fully saturated rings. The van der Waals surface area contributed by atoms with E-state index in [0.717, 1.165) is 11.4 Å². The molecule has 0 saturated carbocycles. The van der Waals surface area contributed by atoms with E-state index >= 15 is 0 Å². The Bertz CT molecular complexity index is 416. The SMILES string of the molecule is CCC(C)(CO)NC(=O)Nc1nnc(CC(C)C)s1. The fourth-order valence-corrected chi connectivity index (χ4v) is 2.32. The standard InChI is InChI=1S/C12H22N4O2S/c1-5-12(4,7-17)14-10(18)13-11-16-15-9(19-11)6-8(2)3/h8,17H,5-7H2,1-4H3,(H2,13,14,16,18). The molecule has 0 saturated heterocycles. The van der Waals surface area contributed by atoms with Crippen LogP contribution in [-0.2, 0) is 6.42 Å². The van der Waals surface area contributed by atoms with E-state index in [0.29, 0.717) is 17.5 Å². The molecular weight excluding hydrogens is 264 g/mol. The van der Waals surface area contributed by atoms with Crippen LogP contribution in [0.3, 0.4) is 0 Å². The quantitative estimate of drug-likeness (QED) is 0.746. The Morgan fingerprint density at radius 1 is 1.47 bits per heavy atom. The van der Waals surface area contributed by atoms with Gasteiger partial charge in [0.05, 0.1) is 12.1 Å². The van der Waals surface area contributed by atoms with Gasteiger partial charge in [-0.05, 0) is 19.3 Å². The number of urea groups is 1. The van der Waals surface area contributed by atoms with Gasteiger partial charge in [0.2, 0.25) is 5.13 Å². The molecule has 1 aromatic rings. The predicted octanol–water partition coefficient (Wildman–Crippen LogP) is 2.02. The Kier molecular flexibility index (Phi) is 5.68. The summed E-state index contributed by atoms with van der Waals surface area (Å²) in [5.41, 5.74) is -0.616. The number of anilines is 1. The minimum Gasteiger partial charge on any atom is -0.394 e. The monoisotopic (exact) mass is 286 g/mol. The molecule has 3 N–H and O–H groups in total. The first-order valence-corrected chi connectivity index (χ1v) is 7.22. The van der Waals surface area contributed by atoms with Gasteiger partial charge < -0.3 is 10.4 Å². The van der Waals surface area contributed by atoms with E-state index < -0.39 is 5.54 Å². The Morgan fingerprint density at radius 3 is 2.68 bits per heavy atom. The zero-order chi connectivity index (χ0) is 14.5. The van der Waals surface area contributed by atoms with Crippen LogP contribution in [0.15, 0.2) is 0 Å². The van der Waals surface area contributed by atoms with Gasteiger partial charge in [-0.3, -0.25) is 5.32 Å². The number of hydrogen-bond donors (Lipinski definition) is 3. The van der Waals surface area contributed by atoms with Crippen LogP contribution in [0.4, 0.5) is 9.93 Å². The van der Waals surface area contributed by atoms with Crippen molar-refractivity contribution in [3.8, 4) is 0 Å². The van der Waals surface area contributed by atoms with Gasteiger partial charge in [0.15, 0.2) is 0 Å². The van der Waals surface area contributed by atoms with Crippen LogP contribution < -0.4 is 10.6 Å². The number of aliphatic hydroxyl groups excluding tert-OH is 1. The summed E-state index contributed by atoms with van der Waals surface area (Å²) < 4.78 is 0. The molecule has 1 atom stereocenters. The molecule has 2 amide bonds. The first-order chi connectivity index (χ1) is 8.88. The molecule has 0 bridgehead atoms. The smallest absolute Gasteiger partial charge is 0.321 e. The lowest BCUT2D eigenvalue weighted by Gasteiger charge is -2.26. The highest BCUT2D eigenvalue weighted by Gasteiger charge is 2.23. The summed E-state index contributed by atoms with van der Waals surface area (Å²) >= 11 is 1.37. The highest BCUT2D eigenvalue weighted by molar-refractivity contribution is 7.15. The Hall–Kier alpha value is -1.21. The maximum Gasteiger partial charge on any atom is 0.321 e. The summed E-state index contributed by atoms with van der Waals surface area (Å²) in [4.78, 5) is 11.8. The van der Waals surface area contributed by atoms with Crippen molar-refractivity contribution in [1.82, 2.24) is 15.5 Å². The lowest BCUT2D eigenvalue weighted by atomic mass is 10.0. The predicted molar refractivity (Wildman–Crippen MR) is 76.4 cm³/mol.